The summed E-state index contributed by atoms with van der Waals surface area (Å²) in [7, 11) is 0. The van der Waals surface area contributed by atoms with E-state index in [0.717, 1.165) is 5.56 Å². The Kier molecular flexibility index (Phi) is 3.83. The molecule has 2 heterocycles. The van der Waals surface area contributed by atoms with Gasteiger partial charge in [-0.1, -0.05) is 17.7 Å². The monoisotopic (exact) mass is 323 g/mol. The summed E-state index contributed by atoms with van der Waals surface area (Å²) >= 11 is 11.8. The van der Waals surface area contributed by atoms with Crippen LogP contribution in [0.4, 0.5) is 4.39 Å². The van der Waals surface area contributed by atoms with Crippen molar-refractivity contribution >= 4 is 34.2 Å². The Hall–Kier alpha value is -1.65. The van der Waals surface area contributed by atoms with Crippen LogP contribution in [0.1, 0.15) is 24.4 Å². The van der Waals surface area contributed by atoms with Crippen LogP contribution in [-0.4, -0.2) is 14.5 Å². The van der Waals surface area contributed by atoms with Gasteiger partial charge in [-0.15, -0.1) is 11.6 Å². The molecular formula is C15H12Cl2FN3. The number of hydrogen-bond acceptors (Lipinski definition) is 2. The minimum absolute atomic E-state index is 0.0574. The number of imidazole rings is 1. The van der Waals surface area contributed by atoms with Crippen LogP contribution in [0.25, 0.3) is 11.0 Å². The Morgan fingerprint density at radius 1 is 1.38 bits per heavy atom. The lowest BCUT2D eigenvalue weighted by Gasteiger charge is -2.17. The lowest BCUT2D eigenvalue weighted by Crippen LogP contribution is -2.10. The number of aromatic nitrogens is 3. The van der Waals surface area contributed by atoms with Gasteiger partial charge < -0.3 is 4.57 Å². The molecule has 3 rings (SSSR count). The predicted octanol–water partition coefficient (Wildman–Crippen LogP) is 4.57. The fraction of sp³-hybridized carbons (Fsp3) is 0.200. The third kappa shape index (κ3) is 2.49. The van der Waals surface area contributed by atoms with Crippen molar-refractivity contribution in [1.82, 2.24) is 14.5 Å². The third-order valence-corrected chi connectivity index (χ3v) is 4.01. The molecule has 1 unspecified atom stereocenters. The Labute approximate surface area is 131 Å². The molecule has 0 bridgehead atoms. The molecule has 0 aliphatic heterocycles. The summed E-state index contributed by atoms with van der Waals surface area (Å²) in [6.45, 7) is 2.00. The molecule has 0 radical (unpaired) electrons. The number of nitrogens with zero attached hydrogens (tertiary/aromatic N) is 3. The van der Waals surface area contributed by atoms with Crippen LogP contribution in [0.3, 0.4) is 0 Å². The average molecular weight is 324 g/mol. The van der Waals surface area contributed by atoms with E-state index < -0.39 is 5.82 Å². The van der Waals surface area contributed by atoms with Crippen molar-refractivity contribution in [2.24, 2.45) is 0 Å². The van der Waals surface area contributed by atoms with Crippen molar-refractivity contribution in [2.45, 2.75) is 18.8 Å². The summed E-state index contributed by atoms with van der Waals surface area (Å²) in [4.78, 5) is 8.56. The zero-order valence-electron chi connectivity index (χ0n) is 11.2. The van der Waals surface area contributed by atoms with Crippen LogP contribution in [0.5, 0.6) is 0 Å². The molecule has 0 saturated heterocycles. The van der Waals surface area contributed by atoms with Gasteiger partial charge in [-0.25, -0.2) is 9.37 Å². The minimum atomic E-state index is -0.468. The zero-order chi connectivity index (χ0) is 15.0. The molecule has 0 spiro atoms. The summed E-state index contributed by atoms with van der Waals surface area (Å²) in [6.07, 6.45) is 3.49. The molecule has 0 fully saturated rings. The number of fused-ring (bicyclic) bond motifs is 1. The first kappa shape index (κ1) is 14.3. The maximum Gasteiger partial charge on any atom is 0.144 e. The van der Waals surface area contributed by atoms with Gasteiger partial charge in [0.05, 0.1) is 28.0 Å². The maximum absolute atomic E-state index is 13.8. The smallest absolute Gasteiger partial charge is 0.144 e. The largest absolute Gasteiger partial charge is 0.319 e. The summed E-state index contributed by atoms with van der Waals surface area (Å²) < 4.78 is 15.7. The van der Waals surface area contributed by atoms with Crippen molar-refractivity contribution in [2.75, 3.05) is 0 Å². The fourth-order valence-corrected chi connectivity index (χ4v) is 2.79. The number of halogens is 3. The quantitative estimate of drug-likeness (QED) is 0.661. The van der Waals surface area contributed by atoms with Crippen molar-refractivity contribution in [3.63, 3.8) is 0 Å². The van der Waals surface area contributed by atoms with Gasteiger partial charge in [-0.3, -0.25) is 4.98 Å². The highest BCUT2D eigenvalue weighted by atomic mass is 35.5. The molecule has 6 heteroatoms. The Bertz CT molecular complexity index is 786. The average Bonchev–Trinajstić information content (AvgIpc) is 2.85. The first-order chi connectivity index (χ1) is 10.1. The van der Waals surface area contributed by atoms with Crippen molar-refractivity contribution in [3.8, 4) is 0 Å². The van der Waals surface area contributed by atoms with E-state index in [9.17, 15) is 4.39 Å². The van der Waals surface area contributed by atoms with E-state index in [-0.39, 0.29) is 16.9 Å². The second-order valence-corrected chi connectivity index (χ2v) is 5.42. The molecule has 0 amide bonds. The molecule has 1 aromatic carbocycles. The molecule has 0 N–H and O–H groups in total. The molecule has 1 atom stereocenters. The number of pyridine rings is 1. The molecule has 2 aromatic heterocycles. The zero-order valence-corrected chi connectivity index (χ0v) is 12.7. The first-order valence-corrected chi connectivity index (χ1v) is 7.35. The first-order valence-electron chi connectivity index (χ1n) is 6.43. The van der Waals surface area contributed by atoms with Crippen molar-refractivity contribution in [1.29, 1.82) is 0 Å². The molecule has 0 aliphatic carbocycles. The molecule has 0 saturated carbocycles. The van der Waals surface area contributed by atoms with E-state index in [0.29, 0.717) is 16.9 Å². The highest BCUT2D eigenvalue weighted by Crippen LogP contribution is 2.29. The van der Waals surface area contributed by atoms with E-state index in [1.165, 1.54) is 12.1 Å². The topological polar surface area (TPSA) is 30.7 Å². The molecule has 108 valence electrons. The highest BCUT2D eigenvalue weighted by Gasteiger charge is 2.18. The van der Waals surface area contributed by atoms with Gasteiger partial charge in [-0.2, -0.15) is 0 Å². The van der Waals surface area contributed by atoms with Gasteiger partial charge in [0.1, 0.15) is 11.6 Å². The standard InChI is InChI=1S/C15H12Cl2FN3/c1-9(10-3-2-4-19-8-10)21-14-6-12(18)11(17)5-13(14)20-15(21)7-16/h2-6,8-9H,7H2,1H3. The van der Waals surface area contributed by atoms with Gasteiger partial charge in [0, 0.05) is 18.5 Å². The SMILES string of the molecule is CC(c1cccnc1)n1c(CCl)nc2cc(Cl)c(F)cc21. The normalized spacial score (nSPS) is 12.8. The fourth-order valence-electron chi connectivity index (χ4n) is 2.44. The van der Waals surface area contributed by atoms with Gasteiger partial charge in [-0.05, 0) is 24.6 Å². The van der Waals surface area contributed by atoms with E-state index in [1.54, 1.807) is 12.4 Å². The molecule has 3 nitrogen and oxygen atoms in total. The summed E-state index contributed by atoms with van der Waals surface area (Å²) in [5, 5.41) is 0.0577. The van der Waals surface area contributed by atoms with Crippen LogP contribution in [0.15, 0.2) is 36.7 Å². The molecule has 21 heavy (non-hydrogen) atoms. The predicted molar refractivity (Wildman–Crippen MR) is 82.3 cm³/mol. The maximum atomic E-state index is 13.8. The van der Waals surface area contributed by atoms with Crippen molar-refractivity contribution in [3.05, 3.63) is 58.9 Å². The number of hydrogen-bond donors (Lipinski definition) is 0. The molecular weight excluding hydrogens is 312 g/mol. The van der Waals surface area contributed by atoms with Crippen LogP contribution in [-0.2, 0) is 5.88 Å². The minimum Gasteiger partial charge on any atom is -0.319 e. The van der Waals surface area contributed by atoms with E-state index in [4.69, 9.17) is 23.2 Å². The van der Waals surface area contributed by atoms with Gasteiger partial charge >= 0.3 is 0 Å². The summed E-state index contributed by atoms with van der Waals surface area (Å²) in [5.41, 5.74) is 2.30. The Balaban J connectivity index is 2.23. The lowest BCUT2D eigenvalue weighted by molar-refractivity contribution is 0.617. The second-order valence-electron chi connectivity index (χ2n) is 4.75. The summed E-state index contributed by atoms with van der Waals surface area (Å²) in [5.74, 6) is 0.438. The van der Waals surface area contributed by atoms with Crippen molar-refractivity contribution < 1.29 is 4.39 Å². The van der Waals surface area contributed by atoms with Gasteiger partial charge in [0.2, 0.25) is 0 Å². The number of benzene rings is 1. The number of alkyl halides is 1. The van der Waals surface area contributed by atoms with Crippen LogP contribution < -0.4 is 0 Å². The van der Waals surface area contributed by atoms with Crippen LogP contribution in [0, 0.1) is 5.82 Å². The van der Waals surface area contributed by atoms with Gasteiger partial charge in [0.15, 0.2) is 0 Å². The lowest BCUT2D eigenvalue weighted by atomic mass is 10.1. The van der Waals surface area contributed by atoms with Crippen LogP contribution >= 0.6 is 23.2 Å². The van der Waals surface area contributed by atoms with E-state index in [1.807, 2.05) is 23.6 Å². The molecule has 0 aliphatic rings. The number of rotatable bonds is 3. The highest BCUT2D eigenvalue weighted by molar-refractivity contribution is 6.31. The van der Waals surface area contributed by atoms with E-state index >= 15 is 0 Å². The Morgan fingerprint density at radius 2 is 2.19 bits per heavy atom. The second kappa shape index (κ2) is 5.62. The van der Waals surface area contributed by atoms with E-state index in [2.05, 4.69) is 9.97 Å². The third-order valence-electron chi connectivity index (χ3n) is 3.48. The van der Waals surface area contributed by atoms with Gasteiger partial charge in [0.25, 0.3) is 0 Å². The Morgan fingerprint density at radius 3 is 2.86 bits per heavy atom. The molecule has 3 aromatic rings. The van der Waals surface area contributed by atoms with Crippen LogP contribution in [0.2, 0.25) is 5.02 Å². The summed E-state index contributed by atoms with van der Waals surface area (Å²) in [6, 6.07) is 6.69.